The third-order valence-electron chi connectivity index (χ3n) is 7.10. The van der Waals surface area contributed by atoms with Crippen molar-refractivity contribution >= 4 is 22.8 Å². The van der Waals surface area contributed by atoms with Gasteiger partial charge in [-0.1, -0.05) is 48.4 Å². The van der Waals surface area contributed by atoms with E-state index in [2.05, 4.69) is 88.7 Å². The molecule has 198 valence electrons. The molecule has 1 aliphatic rings. The first kappa shape index (κ1) is 26.8. The van der Waals surface area contributed by atoms with Crippen molar-refractivity contribution < 1.29 is 19.8 Å². The fourth-order valence-electron chi connectivity index (χ4n) is 5.09. The largest absolute Gasteiger partial charge is 0.473 e. The van der Waals surface area contributed by atoms with Crippen molar-refractivity contribution in [3.05, 3.63) is 89.7 Å². The smallest absolute Gasteiger partial charge is 0.414 e. The fourth-order valence-corrected chi connectivity index (χ4v) is 5.09. The molecule has 9 heteroatoms. The first-order valence-electron chi connectivity index (χ1n) is 12.7. The van der Waals surface area contributed by atoms with Crippen LogP contribution in [-0.2, 0) is 16.0 Å². The number of rotatable bonds is 7. The van der Waals surface area contributed by atoms with Crippen molar-refractivity contribution in [3.8, 4) is 5.69 Å². The number of hydrogen-bond donors (Lipinski definition) is 3. The molecule has 0 spiro atoms. The number of aromatic nitrogens is 4. The van der Waals surface area contributed by atoms with Crippen molar-refractivity contribution in [3.63, 3.8) is 0 Å². The molecular formula is C29H33N5O4. The predicted molar refractivity (Wildman–Crippen MR) is 145 cm³/mol. The van der Waals surface area contributed by atoms with Gasteiger partial charge in [0.1, 0.15) is 12.7 Å². The predicted octanol–water partition coefficient (Wildman–Crippen LogP) is 4.66. The number of aromatic amines is 1. The van der Waals surface area contributed by atoms with E-state index >= 15 is 0 Å². The Bertz CT molecular complexity index is 1400. The Morgan fingerprint density at radius 1 is 1.05 bits per heavy atom. The highest BCUT2D eigenvalue weighted by Gasteiger charge is 2.21. The molecule has 3 N–H and O–H groups in total. The van der Waals surface area contributed by atoms with Crippen molar-refractivity contribution in [1.82, 2.24) is 24.6 Å². The molecule has 0 fully saturated rings. The van der Waals surface area contributed by atoms with Crippen LogP contribution < -0.4 is 0 Å². The highest BCUT2D eigenvalue weighted by Crippen LogP contribution is 2.32. The van der Waals surface area contributed by atoms with Crippen LogP contribution in [0.2, 0.25) is 0 Å². The lowest BCUT2D eigenvalue weighted by molar-refractivity contribution is -0.159. The van der Waals surface area contributed by atoms with Crippen LogP contribution in [0.1, 0.15) is 43.7 Å². The van der Waals surface area contributed by atoms with E-state index in [0.29, 0.717) is 5.92 Å². The number of hydrogen-bond acceptors (Lipinski definition) is 5. The first-order valence-corrected chi connectivity index (χ1v) is 12.7. The Balaban J connectivity index is 0.000000505. The summed E-state index contributed by atoms with van der Waals surface area (Å²) in [6.07, 6.45) is 9.08. The zero-order valence-corrected chi connectivity index (χ0v) is 21.7. The number of carbonyl (C=O) groups is 2. The zero-order chi connectivity index (χ0) is 27.1. The van der Waals surface area contributed by atoms with Crippen molar-refractivity contribution in [2.75, 3.05) is 19.6 Å². The van der Waals surface area contributed by atoms with Crippen LogP contribution in [0.3, 0.4) is 0 Å². The monoisotopic (exact) mass is 515 g/mol. The third kappa shape index (κ3) is 6.54. The number of H-pyrrole nitrogens is 1. The number of carboxylic acid groups (broad SMARTS) is 2. The van der Waals surface area contributed by atoms with Crippen LogP contribution in [0.4, 0.5) is 0 Å². The topological polar surface area (TPSA) is 124 Å². The average Bonchev–Trinajstić information content (AvgIpc) is 3.60. The molecule has 4 aromatic rings. The first-order chi connectivity index (χ1) is 18.3. The summed E-state index contributed by atoms with van der Waals surface area (Å²) in [5.74, 6) is -3.13. The number of nitrogens with one attached hydrogen (secondary N) is 1. The number of fused-ring (bicyclic) bond motifs is 1. The fraction of sp³-hybridized carbons (Fsp3) is 0.310. The third-order valence-corrected chi connectivity index (χ3v) is 7.10. The van der Waals surface area contributed by atoms with Crippen molar-refractivity contribution in [2.24, 2.45) is 0 Å². The van der Waals surface area contributed by atoms with Crippen molar-refractivity contribution in [1.29, 1.82) is 0 Å². The minimum Gasteiger partial charge on any atom is -0.473 e. The van der Waals surface area contributed by atoms with Crippen LogP contribution in [0.15, 0.2) is 78.5 Å². The molecule has 2 aromatic heterocycles. The molecule has 0 saturated heterocycles. The second-order valence-electron chi connectivity index (χ2n) is 9.59. The van der Waals surface area contributed by atoms with Gasteiger partial charge in [0.25, 0.3) is 0 Å². The van der Waals surface area contributed by atoms with Gasteiger partial charge in [-0.3, -0.25) is 9.47 Å². The quantitative estimate of drug-likeness (QED) is 0.241. The lowest BCUT2D eigenvalue weighted by Gasteiger charge is -2.32. The van der Waals surface area contributed by atoms with Gasteiger partial charge >= 0.3 is 11.9 Å². The minimum absolute atomic E-state index is 0.518. The van der Waals surface area contributed by atoms with Gasteiger partial charge in [0, 0.05) is 41.8 Å². The number of aliphatic carboxylic acids is 2. The summed E-state index contributed by atoms with van der Waals surface area (Å²) >= 11 is 0. The van der Waals surface area contributed by atoms with Gasteiger partial charge in [-0.05, 0) is 62.1 Å². The van der Waals surface area contributed by atoms with E-state index in [1.807, 2.05) is 4.57 Å². The maximum Gasteiger partial charge on any atom is 0.414 e. The highest BCUT2D eigenvalue weighted by molar-refractivity contribution is 6.27. The second-order valence-corrected chi connectivity index (χ2v) is 9.59. The standard InChI is InChI=1S/C27H31N5.C2H2O4/c1-20-17-31(14-12-25(20)21(2)22-7-4-3-5-8-22)13-6-9-23-16-28-27-11-10-24(15-26(23)27)32-18-29-30-19-32;3-1(4)2(5)6/h3-5,7-8,10-11,15-16,18-19,21,28H,6,9,12-14,17H2,1-2H3;(H,3,4)(H,5,6). The van der Waals surface area contributed by atoms with Crippen LogP contribution in [0.25, 0.3) is 16.6 Å². The number of benzene rings is 2. The van der Waals surface area contributed by atoms with Gasteiger partial charge in [0.05, 0.1) is 0 Å². The van der Waals surface area contributed by atoms with Gasteiger partial charge in [0.15, 0.2) is 0 Å². The Labute approximate surface area is 221 Å². The summed E-state index contributed by atoms with van der Waals surface area (Å²) in [4.78, 5) is 24.2. The summed E-state index contributed by atoms with van der Waals surface area (Å²) < 4.78 is 1.95. The molecule has 0 amide bonds. The normalized spacial score (nSPS) is 14.7. The van der Waals surface area contributed by atoms with E-state index in [-0.39, 0.29) is 0 Å². The molecule has 1 unspecified atom stereocenters. The van der Waals surface area contributed by atoms with Gasteiger partial charge in [-0.25, -0.2) is 9.59 Å². The average molecular weight is 516 g/mol. The van der Waals surface area contributed by atoms with Crippen LogP contribution in [0, 0.1) is 0 Å². The molecule has 0 bridgehead atoms. The Hall–Kier alpha value is -4.24. The Kier molecular flexibility index (Phi) is 8.70. The summed E-state index contributed by atoms with van der Waals surface area (Å²) in [7, 11) is 0. The van der Waals surface area contributed by atoms with Crippen LogP contribution in [0.5, 0.6) is 0 Å². The van der Waals surface area contributed by atoms with E-state index < -0.39 is 11.9 Å². The van der Waals surface area contributed by atoms with Crippen LogP contribution in [-0.4, -0.2) is 66.4 Å². The molecular weight excluding hydrogens is 482 g/mol. The maximum atomic E-state index is 9.10. The molecule has 0 radical (unpaired) electrons. The molecule has 2 aromatic carbocycles. The van der Waals surface area contributed by atoms with Crippen LogP contribution >= 0.6 is 0 Å². The van der Waals surface area contributed by atoms with Gasteiger partial charge < -0.3 is 15.2 Å². The van der Waals surface area contributed by atoms with Crippen molar-refractivity contribution in [2.45, 2.75) is 39.0 Å². The molecule has 1 atom stereocenters. The van der Waals surface area contributed by atoms with E-state index in [4.69, 9.17) is 19.8 Å². The summed E-state index contributed by atoms with van der Waals surface area (Å²) in [6, 6.07) is 17.4. The number of nitrogens with zero attached hydrogens (tertiary/aromatic N) is 4. The Morgan fingerprint density at radius 3 is 2.42 bits per heavy atom. The minimum atomic E-state index is -1.82. The highest BCUT2D eigenvalue weighted by atomic mass is 16.4. The number of aryl methyl sites for hydroxylation is 1. The lowest BCUT2D eigenvalue weighted by Crippen LogP contribution is -2.33. The zero-order valence-electron chi connectivity index (χ0n) is 21.7. The lowest BCUT2D eigenvalue weighted by atomic mass is 9.86. The summed E-state index contributed by atoms with van der Waals surface area (Å²) in [5, 5.41) is 23.9. The summed E-state index contributed by atoms with van der Waals surface area (Å²) in [6.45, 7) is 8.08. The van der Waals surface area contributed by atoms with E-state index in [1.165, 1.54) is 34.9 Å². The van der Waals surface area contributed by atoms with Gasteiger partial charge in [0.2, 0.25) is 0 Å². The Morgan fingerprint density at radius 2 is 1.76 bits per heavy atom. The van der Waals surface area contributed by atoms with Gasteiger partial charge in [-0.15, -0.1) is 10.2 Å². The van der Waals surface area contributed by atoms with E-state index in [9.17, 15) is 0 Å². The van der Waals surface area contributed by atoms with Gasteiger partial charge in [-0.2, -0.15) is 0 Å². The SMILES string of the molecule is CC1=C(C(C)c2ccccc2)CCN(CCCc2c[nH]c3ccc(-n4cnnc4)cc23)C1.O=C(O)C(=O)O. The molecule has 3 heterocycles. The molecule has 0 aliphatic carbocycles. The van der Waals surface area contributed by atoms with E-state index in [0.717, 1.165) is 31.7 Å². The second kappa shape index (κ2) is 12.3. The maximum absolute atomic E-state index is 9.10. The molecule has 1 aliphatic heterocycles. The molecule has 5 rings (SSSR count). The molecule has 0 saturated carbocycles. The van der Waals surface area contributed by atoms with E-state index in [1.54, 1.807) is 23.8 Å². The number of carboxylic acids is 2. The summed E-state index contributed by atoms with van der Waals surface area (Å²) in [5.41, 5.74) is 8.29. The molecule has 9 nitrogen and oxygen atoms in total. The molecule has 38 heavy (non-hydrogen) atoms.